The molecule has 2 N–H and O–H groups in total. The number of alkyl carbamates (subject to hydrolysis) is 1. The van der Waals surface area contributed by atoms with Crippen molar-refractivity contribution in [3.05, 3.63) is 89.5 Å². The zero-order chi connectivity index (χ0) is 24.1. The Hall–Kier alpha value is -3.80. The van der Waals surface area contributed by atoms with Crippen molar-refractivity contribution in [3.8, 4) is 11.1 Å². The lowest BCUT2D eigenvalue weighted by Gasteiger charge is -2.23. The van der Waals surface area contributed by atoms with Crippen LogP contribution in [0.1, 0.15) is 48.9 Å². The number of fused-ring (bicyclic) bond motifs is 3. The first-order valence-corrected chi connectivity index (χ1v) is 11.7. The Morgan fingerprint density at radius 2 is 1.47 bits per heavy atom. The zero-order valence-corrected chi connectivity index (χ0v) is 19.5. The number of carbonyl (C=O) groups is 2. The average molecular weight is 459 g/mol. The summed E-state index contributed by atoms with van der Waals surface area (Å²) in [7, 11) is 0. The first kappa shape index (κ1) is 23.4. The minimum absolute atomic E-state index is 0.0515. The molecule has 3 aromatic rings. The number of hydrogen-bond donors (Lipinski definition) is 2. The molecule has 1 aliphatic rings. The Morgan fingerprint density at radius 1 is 0.912 bits per heavy atom. The van der Waals surface area contributed by atoms with Crippen LogP contribution >= 0.6 is 0 Å². The molecule has 34 heavy (non-hydrogen) atoms. The van der Waals surface area contributed by atoms with Crippen molar-refractivity contribution in [2.45, 2.75) is 32.2 Å². The number of carbonyl (C=O) groups excluding carboxylic acids is 1. The van der Waals surface area contributed by atoms with E-state index in [-0.39, 0.29) is 18.9 Å². The van der Waals surface area contributed by atoms with Gasteiger partial charge in [0.2, 0.25) is 0 Å². The second-order valence-electron chi connectivity index (χ2n) is 8.38. The lowest BCUT2D eigenvalue weighted by Crippen LogP contribution is -2.31. The number of aliphatic carboxylic acids is 1. The molecule has 0 aromatic heterocycles. The van der Waals surface area contributed by atoms with Crippen LogP contribution in [-0.2, 0) is 9.53 Å². The predicted octanol–water partition coefficient (Wildman–Crippen LogP) is 5.59. The number of anilines is 1. The van der Waals surface area contributed by atoms with E-state index >= 15 is 0 Å². The fourth-order valence-electron chi connectivity index (χ4n) is 4.72. The molecule has 0 bridgehead atoms. The van der Waals surface area contributed by atoms with E-state index in [0.29, 0.717) is 0 Å². The van der Waals surface area contributed by atoms with E-state index < -0.39 is 18.1 Å². The van der Waals surface area contributed by atoms with Crippen LogP contribution in [0.25, 0.3) is 11.1 Å². The van der Waals surface area contributed by atoms with Gasteiger partial charge in [0.25, 0.3) is 0 Å². The quantitative estimate of drug-likeness (QED) is 0.437. The minimum atomic E-state index is -0.989. The Kier molecular flexibility index (Phi) is 7.16. The van der Waals surface area contributed by atoms with E-state index in [9.17, 15) is 14.7 Å². The van der Waals surface area contributed by atoms with Crippen LogP contribution in [0.4, 0.5) is 10.5 Å². The van der Waals surface area contributed by atoms with Gasteiger partial charge in [-0.25, -0.2) is 4.79 Å². The summed E-state index contributed by atoms with van der Waals surface area (Å²) in [5, 5.41) is 12.2. The molecule has 1 aliphatic carbocycles. The highest BCUT2D eigenvalue weighted by Crippen LogP contribution is 2.44. The zero-order valence-electron chi connectivity index (χ0n) is 19.5. The van der Waals surface area contributed by atoms with Gasteiger partial charge in [-0.05, 0) is 53.8 Å². The lowest BCUT2D eigenvalue weighted by atomic mass is 9.98. The lowest BCUT2D eigenvalue weighted by molar-refractivity contribution is -0.137. The van der Waals surface area contributed by atoms with Gasteiger partial charge in [-0.1, -0.05) is 60.7 Å². The van der Waals surface area contributed by atoms with Gasteiger partial charge in [0.15, 0.2) is 0 Å². The van der Waals surface area contributed by atoms with Crippen LogP contribution < -0.4 is 10.2 Å². The van der Waals surface area contributed by atoms with Gasteiger partial charge in [-0.2, -0.15) is 0 Å². The summed E-state index contributed by atoms with van der Waals surface area (Å²) < 4.78 is 5.62. The van der Waals surface area contributed by atoms with Crippen molar-refractivity contribution >= 4 is 17.7 Å². The summed E-state index contributed by atoms with van der Waals surface area (Å²) in [5.74, 6) is -1.04. The molecule has 6 nitrogen and oxygen atoms in total. The molecule has 0 spiro atoms. The standard InChI is InChI=1S/C28H30N2O4/c1-3-30(4-2)20-15-13-19(14-16-20)26(17-27(31)32)29-28(33)34-18-25-23-11-7-5-9-21(23)22-10-6-8-12-24(22)25/h5-16,25-26H,3-4,17-18H2,1-2H3,(H,29,33)(H,31,32)/t26-/m0/s1. The fourth-order valence-corrected chi connectivity index (χ4v) is 4.72. The molecule has 0 aliphatic heterocycles. The molecule has 0 heterocycles. The third kappa shape index (κ3) is 4.91. The van der Waals surface area contributed by atoms with Gasteiger partial charge in [0, 0.05) is 24.7 Å². The van der Waals surface area contributed by atoms with Crippen LogP contribution in [-0.4, -0.2) is 36.9 Å². The fraction of sp³-hybridized carbons (Fsp3) is 0.286. The molecule has 1 amide bonds. The SMILES string of the molecule is CCN(CC)c1ccc([C@H](CC(=O)O)NC(=O)OCC2c3ccccc3-c3ccccc32)cc1. The van der Waals surface area contributed by atoms with Crippen molar-refractivity contribution in [2.24, 2.45) is 0 Å². The smallest absolute Gasteiger partial charge is 0.407 e. The molecule has 176 valence electrons. The molecule has 0 saturated carbocycles. The summed E-state index contributed by atoms with van der Waals surface area (Å²) in [6.07, 6.45) is -0.852. The van der Waals surface area contributed by atoms with E-state index in [4.69, 9.17) is 4.74 Å². The number of rotatable bonds is 9. The molecule has 0 fully saturated rings. The van der Waals surface area contributed by atoms with E-state index in [1.165, 1.54) is 0 Å². The molecular formula is C28H30N2O4. The Balaban J connectivity index is 1.46. The van der Waals surface area contributed by atoms with Crippen LogP contribution in [0.3, 0.4) is 0 Å². The molecule has 0 radical (unpaired) electrons. The number of nitrogens with one attached hydrogen (secondary N) is 1. The number of hydrogen-bond acceptors (Lipinski definition) is 4. The van der Waals surface area contributed by atoms with Crippen LogP contribution in [0.5, 0.6) is 0 Å². The van der Waals surface area contributed by atoms with Crippen molar-refractivity contribution < 1.29 is 19.4 Å². The largest absolute Gasteiger partial charge is 0.481 e. The highest BCUT2D eigenvalue weighted by molar-refractivity contribution is 5.79. The summed E-state index contributed by atoms with van der Waals surface area (Å²) in [6, 6.07) is 23.2. The van der Waals surface area contributed by atoms with E-state index in [0.717, 1.165) is 46.6 Å². The third-order valence-corrected chi connectivity index (χ3v) is 6.44. The van der Waals surface area contributed by atoms with E-state index in [1.54, 1.807) is 0 Å². The van der Waals surface area contributed by atoms with E-state index in [1.807, 2.05) is 48.5 Å². The van der Waals surface area contributed by atoms with Crippen molar-refractivity contribution in [1.29, 1.82) is 0 Å². The first-order valence-electron chi connectivity index (χ1n) is 11.7. The number of nitrogens with zero attached hydrogens (tertiary/aromatic N) is 1. The molecule has 3 aromatic carbocycles. The monoisotopic (exact) mass is 458 g/mol. The Bertz CT molecular complexity index is 1110. The summed E-state index contributed by atoms with van der Waals surface area (Å²) in [6.45, 7) is 6.12. The number of ether oxygens (including phenoxy) is 1. The summed E-state index contributed by atoms with van der Waals surface area (Å²) in [5.41, 5.74) is 6.36. The van der Waals surface area contributed by atoms with Gasteiger partial charge >= 0.3 is 12.1 Å². The van der Waals surface area contributed by atoms with Crippen LogP contribution in [0.15, 0.2) is 72.8 Å². The van der Waals surface area contributed by atoms with E-state index in [2.05, 4.69) is 48.3 Å². The minimum Gasteiger partial charge on any atom is -0.481 e. The topological polar surface area (TPSA) is 78.9 Å². The van der Waals surface area contributed by atoms with Crippen molar-refractivity contribution in [1.82, 2.24) is 5.32 Å². The van der Waals surface area contributed by atoms with Crippen LogP contribution in [0, 0.1) is 0 Å². The molecular weight excluding hydrogens is 428 g/mol. The van der Waals surface area contributed by atoms with Gasteiger partial charge in [0.1, 0.15) is 6.61 Å². The second-order valence-corrected chi connectivity index (χ2v) is 8.38. The number of benzene rings is 3. The maximum Gasteiger partial charge on any atom is 0.407 e. The van der Waals surface area contributed by atoms with Gasteiger partial charge in [-0.3, -0.25) is 4.79 Å². The third-order valence-electron chi connectivity index (χ3n) is 6.44. The molecule has 4 rings (SSSR count). The maximum absolute atomic E-state index is 12.7. The van der Waals surface area contributed by atoms with Gasteiger partial charge < -0.3 is 20.1 Å². The van der Waals surface area contributed by atoms with Crippen molar-refractivity contribution in [2.75, 3.05) is 24.6 Å². The number of amides is 1. The summed E-state index contributed by atoms with van der Waals surface area (Å²) in [4.78, 5) is 26.4. The highest BCUT2D eigenvalue weighted by atomic mass is 16.5. The normalized spacial score (nSPS) is 13.0. The average Bonchev–Trinajstić information content (AvgIpc) is 3.17. The van der Waals surface area contributed by atoms with Gasteiger partial charge in [0.05, 0.1) is 12.5 Å². The number of carboxylic acid groups (broad SMARTS) is 1. The highest BCUT2D eigenvalue weighted by Gasteiger charge is 2.29. The maximum atomic E-state index is 12.7. The molecule has 0 saturated heterocycles. The number of carboxylic acids is 1. The second kappa shape index (κ2) is 10.4. The first-order chi connectivity index (χ1) is 16.5. The Labute approximate surface area is 200 Å². The summed E-state index contributed by atoms with van der Waals surface area (Å²) >= 11 is 0. The molecule has 6 heteroatoms. The molecule has 0 unspecified atom stereocenters. The predicted molar refractivity (Wildman–Crippen MR) is 133 cm³/mol. The van der Waals surface area contributed by atoms with Crippen LogP contribution in [0.2, 0.25) is 0 Å². The van der Waals surface area contributed by atoms with Crippen molar-refractivity contribution in [3.63, 3.8) is 0 Å². The van der Waals surface area contributed by atoms with Gasteiger partial charge in [-0.15, -0.1) is 0 Å². The molecule has 1 atom stereocenters. The Morgan fingerprint density at radius 3 is 2.00 bits per heavy atom.